The largest absolute Gasteiger partial charge is 0.290 e. The maximum absolute atomic E-state index is 11.2. The van der Waals surface area contributed by atoms with Crippen LogP contribution in [0.15, 0.2) is 29.1 Å². The highest BCUT2D eigenvalue weighted by atomic mass is 16.1. The minimum Gasteiger partial charge on any atom is -0.290 e. The number of rotatable bonds is 1. The van der Waals surface area contributed by atoms with Gasteiger partial charge in [-0.3, -0.25) is 4.79 Å². The number of aryl methyl sites for hydroxylation is 1. The lowest BCUT2D eigenvalue weighted by Gasteiger charge is -1.88. The molecule has 0 radical (unpaired) electrons. The Hall–Kier alpha value is -1.55. The third kappa shape index (κ3) is 2.76. The van der Waals surface area contributed by atoms with Crippen molar-refractivity contribution in [2.24, 2.45) is 0 Å². The van der Waals surface area contributed by atoms with Crippen molar-refractivity contribution in [3.8, 4) is 11.8 Å². The van der Waals surface area contributed by atoms with Crippen LogP contribution in [-0.4, -0.2) is 0 Å². The number of hydrogen-bond acceptors (Lipinski definition) is 1. The Labute approximate surface area is 78.4 Å². The summed E-state index contributed by atoms with van der Waals surface area (Å²) in [6, 6.07) is 7.19. The van der Waals surface area contributed by atoms with Crippen LogP contribution in [0, 0.1) is 18.8 Å². The van der Waals surface area contributed by atoms with Gasteiger partial charge in [-0.2, -0.15) is 0 Å². The van der Waals surface area contributed by atoms with E-state index >= 15 is 0 Å². The molecule has 66 valence electrons. The fourth-order valence-corrected chi connectivity index (χ4v) is 1.09. The van der Waals surface area contributed by atoms with E-state index in [0.29, 0.717) is 6.42 Å². The fraction of sp³-hybridized carbons (Fsp3) is 0.250. The monoisotopic (exact) mass is 172 g/mol. The van der Waals surface area contributed by atoms with Crippen molar-refractivity contribution < 1.29 is 0 Å². The second-order valence-corrected chi connectivity index (χ2v) is 2.90. The van der Waals surface area contributed by atoms with E-state index in [0.717, 1.165) is 11.1 Å². The standard InChI is InChI=1S/C12H12O/c1-3-4-6-11-7-5-8-12(13)10(2)9-11/h5,7-9H,6H2,1-2H3. The van der Waals surface area contributed by atoms with Crippen molar-refractivity contribution in [2.45, 2.75) is 20.3 Å². The summed E-state index contributed by atoms with van der Waals surface area (Å²) in [7, 11) is 0. The van der Waals surface area contributed by atoms with E-state index < -0.39 is 0 Å². The molecule has 0 aliphatic rings. The molecular weight excluding hydrogens is 160 g/mol. The van der Waals surface area contributed by atoms with Crippen LogP contribution < -0.4 is 5.43 Å². The molecule has 0 N–H and O–H groups in total. The zero-order chi connectivity index (χ0) is 9.68. The van der Waals surface area contributed by atoms with E-state index in [1.807, 2.05) is 26.0 Å². The van der Waals surface area contributed by atoms with Gasteiger partial charge in [-0.1, -0.05) is 24.1 Å². The molecule has 13 heavy (non-hydrogen) atoms. The average molecular weight is 172 g/mol. The first-order valence-electron chi connectivity index (χ1n) is 4.23. The summed E-state index contributed by atoms with van der Waals surface area (Å²) < 4.78 is 0. The first-order chi connectivity index (χ1) is 6.24. The van der Waals surface area contributed by atoms with Crippen molar-refractivity contribution in [3.63, 3.8) is 0 Å². The van der Waals surface area contributed by atoms with Crippen LogP contribution in [0.25, 0.3) is 0 Å². The zero-order valence-corrected chi connectivity index (χ0v) is 7.92. The third-order valence-electron chi connectivity index (χ3n) is 1.82. The van der Waals surface area contributed by atoms with Crippen molar-refractivity contribution in [2.75, 3.05) is 0 Å². The minimum atomic E-state index is 0.0794. The van der Waals surface area contributed by atoms with Gasteiger partial charge >= 0.3 is 0 Å². The Kier molecular flexibility index (Phi) is 3.28. The highest BCUT2D eigenvalue weighted by Crippen LogP contribution is 1.98. The van der Waals surface area contributed by atoms with E-state index in [1.54, 1.807) is 12.1 Å². The molecule has 0 bridgehead atoms. The molecule has 1 nitrogen and oxygen atoms in total. The Balaban J connectivity index is 3.11. The second-order valence-electron chi connectivity index (χ2n) is 2.90. The van der Waals surface area contributed by atoms with Crippen LogP contribution in [0.5, 0.6) is 0 Å². The molecule has 0 heterocycles. The molecule has 0 spiro atoms. The Morgan fingerprint density at radius 3 is 2.85 bits per heavy atom. The van der Waals surface area contributed by atoms with Crippen LogP contribution in [0.2, 0.25) is 0 Å². The minimum absolute atomic E-state index is 0.0794. The van der Waals surface area contributed by atoms with Gasteiger partial charge in [0.1, 0.15) is 0 Å². The van der Waals surface area contributed by atoms with Crippen LogP contribution in [0.3, 0.4) is 0 Å². The molecule has 0 saturated carbocycles. The molecule has 0 atom stereocenters. The highest BCUT2D eigenvalue weighted by molar-refractivity contribution is 5.24. The predicted molar refractivity (Wildman–Crippen MR) is 54.6 cm³/mol. The quantitative estimate of drug-likeness (QED) is 0.591. The molecule has 1 heteroatoms. The Morgan fingerprint density at radius 1 is 1.38 bits per heavy atom. The summed E-state index contributed by atoms with van der Waals surface area (Å²) in [6.07, 6.45) is 0.714. The molecule has 0 amide bonds. The Bertz CT molecular complexity index is 408. The van der Waals surface area contributed by atoms with Crippen molar-refractivity contribution in [3.05, 3.63) is 45.6 Å². The van der Waals surface area contributed by atoms with Gasteiger partial charge in [0, 0.05) is 6.42 Å². The molecule has 1 aromatic carbocycles. The van der Waals surface area contributed by atoms with Gasteiger partial charge < -0.3 is 0 Å². The predicted octanol–water partition coefficient (Wildman–Crippen LogP) is 1.92. The van der Waals surface area contributed by atoms with Crippen LogP contribution in [0.1, 0.15) is 18.1 Å². The molecule has 0 saturated heterocycles. The van der Waals surface area contributed by atoms with E-state index in [1.165, 1.54) is 0 Å². The van der Waals surface area contributed by atoms with Crippen molar-refractivity contribution in [1.82, 2.24) is 0 Å². The van der Waals surface area contributed by atoms with E-state index in [9.17, 15) is 4.79 Å². The zero-order valence-electron chi connectivity index (χ0n) is 7.92. The first kappa shape index (κ1) is 9.54. The van der Waals surface area contributed by atoms with Crippen molar-refractivity contribution >= 4 is 0 Å². The third-order valence-corrected chi connectivity index (χ3v) is 1.82. The molecule has 1 rings (SSSR count). The highest BCUT2D eigenvalue weighted by Gasteiger charge is 1.91. The molecule has 0 unspecified atom stereocenters. The topological polar surface area (TPSA) is 17.1 Å². The summed E-state index contributed by atoms with van der Waals surface area (Å²) in [5.74, 6) is 5.81. The molecule has 0 fully saturated rings. The van der Waals surface area contributed by atoms with Crippen molar-refractivity contribution in [1.29, 1.82) is 0 Å². The van der Waals surface area contributed by atoms with Gasteiger partial charge in [0.2, 0.25) is 0 Å². The van der Waals surface area contributed by atoms with E-state index in [4.69, 9.17) is 0 Å². The van der Waals surface area contributed by atoms with Gasteiger partial charge in [-0.25, -0.2) is 0 Å². The van der Waals surface area contributed by atoms with E-state index in [2.05, 4.69) is 11.8 Å². The lowest BCUT2D eigenvalue weighted by Crippen LogP contribution is -1.97. The molecule has 0 aliphatic carbocycles. The average Bonchev–Trinajstić information content (AvgIpc) is 2.26. The molecule has 0 aromatic heterocycles. The first-order valence-corrected chi connectivity index (χ1v) is 4.23. The summed E-state index contributed by atoms with van der Waals surface area (Å²) in [5, 5.41) is 0. The van der Waals surface area contributed by atoms with E-state index in [-0.39, 0.29) is 5.43 Å². The summed E-state index contributed by atoms with van der Waals surface area (Å²) in [5.41, 5.74) is 1.95. The fourth-order valence-electron chi connectivity index (χ4n) is 1.09. The SMILES string of the molecule is CC#CCc1cccc(=O)c(C)c1. The molecule has 1 aromatic rings. The smallest absolute Gasteiger partial charge is 0.181 e. The van der Waals surface area contributed by atoms with Gasteiger partial charge in [-0.15, -0.1) is 5.92 Å². The second kappa shape index (κ2) is 4.47. The van der Waals surface area contributed by atoms with Gasteiger partial charge in [0.05, 0.1) is 0 Å². The molecular formula is C12H12O. The van der Waals surface area contributed by atoms with Crippen LogP contribution in [0.4, 0.5) is 0 Å². The maximum atomic E-state index is 11.2. The summed E-state index contributed by atoms with van der Waals surface area (Å²) >= 11 is 0. The Morgan fingerprint density at radius 2 is 2.15 bits per heavy atom. The van der Waals surface area contributed by atoms with Crippen LogP contribution >= 0.6 is 0 Å². The lowest BCUT2D eigenvalue weighted by molar-refractivity contribution is 1.30. The van der Waals surface area contributed by atoms with Gasteiger partial charge in [-0.05, 0) is 31.0 Å². The van der Waals surface area contributed by atoms with Crippen LogP contribution in [-0.2, 0) is 6.42 Å². The normalized spacial score (nSPS) is 8.77. The molecule has 0 aliphatic heterocycles. The summed E-state index contributed by atoms with van der Waals surface area (Å²) in [6.45, 7) is 3.64. The maximum Gasteiger partial charge on any atom is 0.181 e. The number of hydrogen-bond donors (Lipinski definition) is 0. The van der Waals surface area contributed by atoms with Gasteiger partial charge in [0.25, 0.3) is 0 Å². The lowest BCUT2D eigenvalue weighted by atomic mass is 10.2. The van der Waals surface area contributed by atoms with Gasteiger partial charge in [0.15, 0.2) is 5.43 Å². The summed E-state index contributed by atoms with van der Waals surface area (Å²) in [4.78, 5) is 11.2.